The first-order valence-corrected chi connectivity index (χ1v) is 5.29. The standard InChI is InChI=1S/C8H13O4P/c1-4-5-7(13(10)11)12-8(9)6(2)3/h7H,2,4-5H2,1,3H3/p+1. The third kappa shape index (κ3) is 4.76. The Balaban J connectivity index is 4.17. The molecule has 2 unspecified atom stereocenters. The Hall–Kier alpha value is -0.730. The molecule has 0 amide bonds. The van der Waals surface area contributed by atoms with E-state index in [1.165, 1.54) is 6.92 Å². The molecule has 0 rings (SSSR count). The Morgan fingerprint density at radius 3 is 2.54 bits per heavy atom. The molecule has 0 aromatic carbocycles. The predicted molar refractivity (Wildman–Crippen MR) is 49.4 cm³/mol. The van der Waals surface area contributed by atoms with Crippen LogP contribution in [0, 0.1) is 0 Å². The van der Waals surface area contributed by atoms with E-state index in [1.807, 2.05) is 6.92 Å². The molecular formula is C8H14O4P+. The van der Waals surface area contributed by atoms with Gasteiger partial charge in [-0.05, 0) is 17.9 Å². The van der Waals surface area contributed by atoms with E-state index in [2.05, 4.69) is 6.58 Å². The summed E-state index contributed by atoms with van der Waals surface area (Å²) in [6, 6.07) is 0. The van der Waals surface area contributed by atoms with Gasteiger partial charge >= 0.3 is 19.8 Å². The quantitative estimate of drug-likeness (QED) is 0.423. The molecule has 0 aliphatic rings. The summed E-state index contributed by atoms with van der Waals surface area (Å²) in [6.07, 6.45) is 1.08. The highest BCUT2D eigenvalue weighted by atomic mass is 31.1. The lowest BCUT2D eigenvalue weighted by atomic mass is 10.3. The van der Waals surface area contributed by atoms with Crippen LogP contribution >= 0.6 is 8.03 Å². The molecule has 0 aromatic heterocycles. The van der Waals surface area contributed by atoms with Crippen molar-refractivity contribution in [2.45, 2.75) is 32.5 Å². The van der Waals surface area contributed by atoms with Crippen LogP contribution in [0.25, 0.3) is 0 Å². The van der Waals surface area contributed by atoms with Gasteiger partial charge in [-0.3, -0.25) is 0 Å². The second-order valence-electron chi connectivity index (χ2n) is 2.73. The first kappa shape index (κ1) is 12.3. The second-order valence-corrected chi connectivity index (χ2v) is 3.91. The SMILES string of the molecule is C=C(C)C(=O)OC(CCC)[P+](=O)O. The zero-order chi connectivity index (χ0) is 10.4. The number of hydrogen-bond donors (Lipinski definition) is 1. The Kier molecular flexibility index (Phi) is 5.51. The Bertz CT molecular complexity index is 224. The third-order valence-corrected chi connectivity index (χ3v) is 2.23. The van der Waals surface area contributed by atoms with E-state index in [1.54, 1.807) is 0 Å². The van der Waals surface area contributed by atoms with Crippen molar-refractivity contribution in [3.8, 4) is 0 Å². The van der Waals surface area contributed by atoms with Gasteiger partial charge in [0.1, 0.15) is 0 Å². The van der Waals surface area contributed by atoms with Crippen LogP contribution in [-0.2, 0) is 14.1 Å². The molecule has 2 atom stereocenters. The minimum absolute atomic E-state index is 0.234. The number of hydrogen-bond acceptors (Lipinski definition) is 3. The molecule has 0 aliphatic carbocycles. The van der Waals surface area contributed by atoms with Crippen LogP contribution in [-0.4, -0.2) is 16.7 Å². The van der Waals surface area contributed by atoms with E-state index in [-0.39, 0.29) is 5.57 Å². The van der Waals surface area contributed by atoms with Crippen LogP contribution in [0.3, 0.4) is 0 Å². The zero-order valence-corrected chi connectivity index (χ0v) is 8.71. The smallest absolute Gasteiger partial charge is 0.410 e. The minimum Gasteiger partial charge on any atom is -0.410 e. The summed E-state index contributed by atoms with van der Waals surface area (Å²) in [5.41, 5.74) is 0.234. The van der Waals surface area contributed by atoms with Crippen molar-refractivity contribution in [2.75, 3.05) is 0 Å². The second kappa shape index (κ2) is 5.84. The lowest BCUT2D eigenvalue weighted by Gasteiger charge is -2.05. The highest BCUT2D eigenvalue weighted by Gasteiger charge is 2.31. The van der Waals surface area contributed by atoms with Crippen LogP contribution < -0.4 is 0 Å². The number of esters is 1. The van der Waals surface area contributed by atoms with Gasteiger partial charge in [-0.1, -0.05) is 13.5 Å². The Morgan fingerprint density at radius 1 is 1.69 bits per heavy atom. The fraction of sp³-hybridized carbons (Fsp3) is 0.625. The summed E-state index contributed by atoms with van der Waals surface area (Å²) in [5.74, 6) is -1.51. The van der Waals surface area contributed by atoms with Crippen molar-refractivity contribution in [3.63, 3.8) is 0 Å². The van der Waals surface area contributed by atoms with Gasteiger partial charge in [-0.15, -0.1) is 0 Å². The molecule has 1 N–H and O–H groups in total. The third-order valence-electron chi connectivity index (χ3n) is 1.37. The normalized spacial score (nSPS) is 13.3. The van der Waals surface area contributed by atoms with Crippen molar-refractivity contribution >= 4 is 14.0 Å². The molecule has 0 spiro atoms. The highest BCUT2D eigenvalue weighted by Crippen LogP contribution is 2.27. The number of rotatable bonds is 5. The molecule has 0 fully saturated rings. The number of carbonyl (C=O) groups excluding carboxylic acids is 1. The highest BCUT2D eigenvalue weighted by molar-refractivity contribution is 7.38. The maximum absolute atomic E-state index is 11.0. The molecular weight excluding hydrogens is 191 g/mol. The molecule has 0 aliphatic heterocycles. The van der Waals surface area contributed by atoms with Gasteiger partial charge in [0, 0.05) is 12.0 Å². The van der Waals surface area contributed by atoms with E-state index in [9.17, 15) is 9.36 Å². The fourth-order valence-electron chi connectivity index (χ4n) is 0.686. The average Bonchev–Trinajstić information content (AvgIpc) is 2.03. The van der Waals surface area contributed by atoms with Gasteiger partial charge < -0.3 is 4.74 Å². The van der Waals surface area contributed by atoms with Crippen molar-refractivity contribution in [3.05, 3.63) is 12.2 Å². The zero-order valence-electron chi connectivity index (χ0n) is 7.82. The van der Waals surface area contributed by atoms with Crippen LogP contribution in [0.2, 0.25) is 0 Å². The molecule has 0 saturated heterocycles. The molecule has 0 saturated carbocycles. The lowest BCUT2D eigenvalue weighted by Crippen LogP contribution is -2.14. The van der Waals surface area contributed by atoms with E-state index in [0.29, 0.717) is 12.8 Å². The van der Waals surface area contributed by atoms with Crippen LogP contribution in [0.15, 0.2) is 12.2 Å². The summed E-state index contributed by atoms with van der Waals surface area (Å²) >= 11 is 0. The molecule has 0 radical (unpaired) electrons. The van der Waals surface area contributed by atoms with Gasteiger partial charge in [0.05, 0.1) is 0 Å². The predicted octanol–water partition coefficient (Wildman–Crippen LogP) is 1.97. The largest absolute Gasteiger partial charge is 0.550 e. The van der Waals surface area contributed by atoms with E-state index in [0.717, 1.165) is 0 Å². The lowest BCUT2D eigenvalue weighted by molar-refractivity contribution is -0.141. The summed E-state index contributed by atoms with van der Waals surface area (Å²) < 4.78 is 15.4. The van der Waals surface area contributed by atoms with Crippen molar-refractivity contribution in [1.29, 1.82) is 0 Å². The Labute approximate surface area is 78.5 Å². The first-order chi connectivity index (χ1) is 5.99. The Morgan fingerprint density at radius 2 is 2.23 bits per heavy atom. The number of ether oxygens (including phenoxy) is 1. The summed E-state index contributed by atoms with van der Waals surface area (Å²) in [4.78, 5) is 19.7. The average molecular weight is 205 g/mol. The van der Waals surface area contributed by atoms with Gasteiger partial charge in [0.15, 0.2) is 0 Å². The molecule has 0 aromatic rings. The topological polar surface area (TPSA) is 63.6 Å². The van der Waals surface area contributed by atoms with Crippen LogP contribution in [0.1, 0.15) is 26.7 Å². The molecule has 74 valence electrons. The van der Waals surface area contributed by atoms with E-state index < -0.39 is 19.8 Å². The molecule has 5 heteroatoms. The van der Waals surface area contributed by atoms with Gasteiger partial charge in [-0.2, -0.15) is 4.89 Å². The summed E-state index contributed by atoms with van der Waals surface area (Å²) in [6.45, 7) is 6.72. The van der Waals surface area contributed by atoms with Crippen molar-refractivity contribution in [2.24, 2.45) is 0 Å². The van der Waals surface area contributed by atoms with E-state index >= 15 is 0 Å². The molecule has 13 heavy (non-hydrogen) atoms. The molecule has 0 heterocycles. The van der Waals surface area contributed by atoms with E-state index in [4.69, 9.17) is 9.63 Å². The number of carbonyl (C=O) groups is 1. The monoisotopic (exact) mass is 205 g/mol. The first-order valence-electron chi connectivity index (χ1n) is 4.00. The van der Waals surface area contributed by atoms with Gasteiger partial charge in [0.2, 0.25) is 0 Å². The summed E-state index contributed by atoms with van der Waals surface area (Å²) in [7, 11) is -2.46. The minimum atomic E-state index is -2.46. The van der Waals surface area contributed by atoms with Crippen molar-refractivity contribution in [1.82, 2.24) is 0 Å². The van der Waals surface area contributed by atoms with Gasteiger partial charge in [0.25, 0.3) is 0 Å². The maximum atomic E-state index is 11.0. The molecule has 0 bridgehead atoms. The van der Waals surface area contributed by atoms with Gasteiger partial charge in [-0.25, -0.2) is 4.79 Å². The van der Waals surface area contributed by atoms with Crippen LogP contribution in [0.4, 0.5) is 0 Å². The summed E-state index contributed by atoms with van der Waals surface area (Å²) in [5, 5.41) is 0. The van der Waals surface area contributed by atoms with Crippen molar-refractivity contribution < 1.29 is 19.0 Å². The van der Waals surface area contributed by atoms with Crippen LogP contribution in [0.5, 0.6) is 0 Å². The fourth-order valence-corrected chi connectivity index (χ4v) is 1.35. The molecule has 4 nitrogen and oxygen atoms in total. The maximum Gasteiger partial charge on any atom is 0.550 e.